The molecule has 170 valence electrons. The minimum Gasteiger partial charge on any atom is -0.449 e. The van der Waals surface area contributed by atoms with E-state index in [2.05, 4.69) is 4.72 Å². The van der Waals surface area contributed by atoms with Crippen molar-refractivity contribution in [1.29, 1.82) is 0 Å². The third-order valence-corrected chi connectivity index (χ3v) is 6.85. The second-order valence-electron chi connectivity index (χ2n) is 7.92. The highest BCUT2D eigenvalue weighted by Crippen LogP contribution is 2.28. The number of ether oxygens (including phenoxy) is 1. The van der Waals surface area contributed by atoms with Crippen LogP contribution in [0.15, 0.2) is 77.7 Å². The molecule has 0 radical (unpaired) electrons. The highest BCUT2D eigenvalue weighted by atomic mass is 32.2. The number of aryl methyl sites for hydroxylation is 1. The molecule has 7 nitrogen and oxygen atoms in total. The van der Waals surface area contributed by atoms with Crippen molar-refractivity contribution in [3.8, 4) is 0 Å². The molecule has 0 spiro atoms. The van der Waals surface area contributed by atoms with Gasteiger partial charge in [-0.05, 0) is 62.2 Å². The Balaban J connectivity index is 1.46. The fourth-order valence-electron chi connectivity index (χ4n) is 3.69. The van der Waals surface area contributed by atoms with Crippen molar-refractivity contribution in [2.45, 2.75) is 31.3 Å². The van der Waals surface area contributed by atoms with Crippen molar-refractivity contribution < 1.29 is 22.7 Å². The van der Waals surface area contributed by atoms with Gasteiger partial charge in [0.15, 0.2) is 6.10 Å². The van der Waals surface area contributed by atoms with Crippen molar-refractivity contribution in [3.63, 3.8) is 0 Å². The molecule has 3 aromatic rings. The van der Waals surface area contributed by atoms with Crippen LogP contribution in [0, 0.1) is 6.92 Å². The van der Waals surface area contributed by atoms with Crippen LogP contribution in [0.25, 0.3) is 0 Å². The van der Waals surface area contributed by atoms with Crippen molar-refractivity contribution in [3.05, 3.63) is 89.5 Å². The first-order valence-electron chi connectivity index (χ1n) is 10.5. The third-order valence-electron chi connectivity index (χ3n) is 5.47. The largest absolute Gasteiger partial charge is 0.449 e. The van der Waals surface area contributed by atoms with Crippen LogP contribution >= 0.6 is 0 Å². The Morgan fingerprint density at radius 1 is 1.00 bits per heavy atom. The van der Waals surface area contributed by atoms with Crippen LogP contribution in [0.5, 0.6) is 0 Å². The summed E-state index contributed by atoms with van der Waals surface area (Å²) in [5.74, 6) is -1.09. The number of carbonyl (C=O) groups is 2. The molecule has 1 atom stereocenters. The van der Waals surface area contributed by atoms with E-state index in [-0.39, 0.29) is 16.4 Å². The minimum absolute atomic E-state index is 0.0447. The summed E-state index contributed by atoms with van der Waals surface area (Å²) in [5, 5.41) is 0. The number of benzene rings is 3. The second kappa shape index (κ2) is 9.07. The minimum atomic E-state index is -3.91. The van der Waals surface area contributed by atoms with Crippen molar-refractivity contribution in [2.24, 2.45) is 0 Å². The van der Waals surface area contributed by atoms with Gasteiger partial charge >= 0.3 is 5.97 Å². The topological polar surface area (TPSA) is 92.8 Å². The lowest BCUT2D eigenvalue weighted by molar-refractivity contribution is -0.126. The molecule has 8 heteroatoms. The molecule has 1 aliphatic heterocycles. The summed E-state index contributed by atoms with van der Waals surface area (Å²) in [6, 6.07) is 20.1. The number of hydrogen-bond donors (Lipinski definition) is 1. The SMILES string of the molecule is Cc1ccc(NS(=O)(=O)c2cccc(C(=O)OC(C)C(=O)N3CCc4ccccc43)c2)cc1. The number of nitrogens with zero attached hydrogens (tertiary/aromatic N) is 1. The van der Waals surface area contributed by atoms with Crippen LogP contribution in [-0.4, -0.2) is 32.9 Å². The molecule has 1 aliphatic rings. The predicted molar refractivity (Wildman–Crippen MR) is 126 cm³/mol. The van der Waals surface area contributed by atoms with Crippen LogP contribution in [0.1, 0.15) is 28.4 Å². The second-order valence-corrected chi connectivity index (χ2v) is 9.60. The van der Waals surface area contributed by atoms with Gasteiger partial charge in [-0.1, -0.05) is 42.0 Å². The van der Waals surface area contributed by atoms with Gasteiger partial charge in [-0.3, -0.25) is 9.52 Å². The number of rotatable bonds is 6. The lowest BCUT2D eigenvalue weighted by Gasteiger charge is -2.21. The van der Waals surface area contributed by atoms with Gasteiger partial charge in [0, 0.05) is 17.9 Å². The average Bonchev–Trinajstić information content (AvgIpc) is 3.24. The highest BCUT2D eigenvalue weighted by molar-refractivity contribution is 7.92. The molecule has 3 aromatic carbocycles. The van der Waals surface area contributed by atoms with E-state index in [1.807, 2.05) is 31.2 Å². The maximum atomic E-state index is 12.9. The molecule has 0 aliphatic carbocycles. The summed E-state index contributed by atoms with van der Waals surface area (Å²) in [5.41, 5.74) is 3.36. The number of para-hydroxylation sites is 1. The monoisotopic (exact) mass is 464 g/mol. The molecule has 0 saturated heterocycles. The maximum absolute atomic E-state index is 12.9. The molecule has 1 unspecified atom stereocenters. The third kappa shape index (κ3) is 4.90. The lowest BCUT2D eigenvalue weighted by Crippen LogP contribution is -2.39. The summed E-state index contributed by atoms with van der Waals surface area (Å²) in [7, 11) is -3.91. The highest BCUT2D eigenvalue weighted by Gasteiger charge is 2.30. The number of fused-ring (bicyclic) bond motifs is 1. The zero-order chi connectivity index (χ0) is 23.6. The number of sulfonamides is 1. The van der Waals surface area contributed by atoms with Crippen LogP contribution in [0.3, 0.4) is 0 Å². The summed E-state index contributed by atoms with van der Waals surface area (Å²) >= 11 is 0. The fraction of sp³-hybridized carbons (Fsp3) is 0.200. The number of hydrogen-bond acceptors (Lipinski definition) is 5. The summed E-state index contributed by atoms with van der Waals surface area (Å²) in [4.78, 5) is 27.1. The number of anilines is 2. The predicted octanol–water partition coefficient (Wildman–Crippen LogP) is 3.93. The first-order valence-corrected chi connectivity index (χ1v) is 12.0. The van der Waals surface area contributed by atoms with Crippen LogP contribution in [0.4, 0.5) is 11.4 Å². The molecule has 0 saturated carbocycles. The number of amides is 1. The van der Waals surface area contributed by atoms with Gasteiger partial charge < -0.3 is 9.64 Å². The number of carbonyl (C=O) groups excluding carboxylic acids is 2. The molecular weight excluding hydrogens is 440 g/mol. The van der Waals surface area contributed by atoms with Crippen molar-refractivity contribution in [2.75, 3.05) is 16.2 Å². The summed E-state index contributed by atoms with van der Waals surface area (Å²) in [6.07, 6.45) is -0.272. The van der Waals surface area contributed by atoms with Crippen LogP contribution in [0.2, 0.25) is 0 Å². The molecule has 4 rings (SSSR count). The normalized spacial score (nSPS) is 13.8. The summed E-state index contributed by atoms with van der Waals surface area (Å²) in [6.45, 7) is 3.95. The zero-order valence-corrected chi connectivity index (χ0v) is 19.1. The maximum Gasteiger partial charge on any atom is 0.338 e. The van der Waals surface area contributed by atoms with E-state index >= 15 is 0 Å². The lowest BCUT2D eigenvalue weighted by atomic mass is 10.2. The van der Waals surface area contributed by atoms with Gasteiger partial charge in [0.1, 0.15) is 0 Å². The Morgan fingerprint density at radius 2 is 1.73 bits per heavy atom. The summed E-state index contributed by atoms with van der Waals surface area (Å²) < 4.78 is 33.4. The zero-order valence-electron chi connectivity index (χ0n) is 18.3. The van der Waals surface area contributed by atoms with Crippen molar-refractivity contribution >= 4 is 33.3 Å². The van der Waals surface area contributed by atoms with Gasteiger partial charge in [0.25, 0.3) is 15.9 Å². The van der Waals surface area contributed by atoms with E-state index in [4.69, 9.17) is 4.74 Å². The fourth-order valence-corrected chi connectivity index (χ4v) is 4.80. The standard InChI is InChI=1S/C25H24N2O5S/c1-17-10-12-21(13-11-17)26-33(30,31)22-8-5-7-20(16-22)25(29)32-18(2)24(28)27-15-14-19-6-3-4-9-23(19)27/h3-13,16,18,26H,14-15H2,1-2H3. The molecule has 1 heterocycles. The van der Waals surface area contributed by atoms with Gasteiger partial charge in [-0.25, -0.2) is 13.2 Å². The van der Waals surface area contributed by atoms with E-state index < -0.39 is 22.1 Å². The van der Waals surface area contributed by atoms with Crippen molar-refractivity contribution in [1.82, 2.24) is 0 Å². The van der Waals surface area contributed by atoms with E-state index in [1.54, 1.807) is 29.2 Å². The van der Waals surface area contributed by atoms with Gasteiger partial charge in [0.05, 0.1) is 10.5 Å². The average molecular weight is 465 g/mol. The smallest absolute Gasteiger partial charge is 0.338 e. The Labute approximate surface area is 193 Å². The quantitative estimate of drug-likeness (QED) is 0.558. The Morgan fingerprint density at radius 3 is 2.48 bits per heavy atom. The molecule has 0 aromatic heterocycles. The Kier molecular flexibility index (Phi) is 6.20. The molecule has 0 fully saturated rings. The number of nitrogens with one attached hydrogen (secondary N) is 1. The van der Waals surface area contributed by atoms with E-state index in [0.717, 1.165) is 23.2 Å². The molecule has 1 N–H and O–H groups in total. The molecule has 0 bridgehead atoms. The molecular formula is C25H24N2O5S. The van der Waals surface area contributed by atoms with E-state index in [9.17, 15) is 18.0 Å². The molecule has 33 heavy (non-hydrogen) atoms. The first kappa shape index (κ1) is 22.5. The molecule has 1 amide bonds. The Bertz CT molecular complexity index is 1300. The Hall–Kier alpha value is -3.65. The van der Waals surface area contributed by atoms with Crippen LogP contribution < -0.4 is 9.62 Å². The van der Waals surface area contributed by atoms with E-state index in [0.29, 0.717) is 12.2 Å². The number of esters is 1. The van der Waals surface area contributed by atoms with Crippen LogP contribution in [-0.2, 0) is 26.0 Å². The van der Waals surface area contributed by atoms with Gasteiger partial charge in [0.2, 0.25) is 0 Å². The van der Waals surface area contributed by atoms with E-state index in [1.165, 1.54) is 31.2 Å². The van der Waals surface area contributed by atoms with Gasteiger partial charge in [-0.2, -0.15) is 0 Å². The first-order chi connectivity index (χ1) is 15.7. The van der Waals surface area contributed by atoms with Gasteiger partial charge in [-0.15, -0.1) is 0 Å².